The lowest BCUT2D eigenvalue weighted by Gasteiger charge is -2.38. The summed E-state index contributed by atoms with van der Waals surface area (Å²) in [5.74, 6) is 0. The van der Waals surface area contributed by atoms with Gasteiger partial charge in [-0.2, -0.15) is 17.0 Å². The molecule has 2 aliphatic heterocycles. The fourth-order valence-corrected chi connectivity index (χ4v) is 4.80. The van der Waals surface area contributed by atoms with Crippen LogP contribution in [0.1, 0.15) is 39.5 Å². The highest BCUT2D eigenvalue weighted by Gasteiger charge is 2.33. The Labute approximate surface area is 129 Å². The highest BCUT2D eigenvalue weighted by atomic mass is 32.2. The molecule has 0 saturated carbocycles. The second kappa shape index (κ2) is 6.91. The average molecular weight is 318 g/mol. The van der Waals surface area contributed by atoms with Gasteiger partial charge in [0, 0.05) is 51.4 Å². The van der Waals surface area contributed by atoms with Crippen molar-refractivity contribution in [3.05, 3.63) is 0 Å². The van der Waals surface area contributed by atoms with E-state index < -0.39 is 10.2 Å². The molecule has 0 aliphatic carbocycles. The van der Waals surface area contributed by atoms with Gasteiger partial charge in [0.05, 0.1) is 0 Å². The van der Waals surface area contributed by atoms with Crippen LogP contribution < -0.4 is 5.73 Å². The normalized spacial score (nSPS) is 24.9. The van der Waals surface area contributed by atoms with Crippen molar-refractivity contribution in [3.8, 4) is 0 Å². The zero-order valence-corrected chi connectivity index (χ0v) is 14.2. The van der Waals surface area contributed by atoms with Crippen molar-refractivity contribution in [2.24, 2.45) is 5.73 Å². The Kier molecular flexibility index (Phi) is 5.65. The van der Waals surface area contributed by atoms with E-state index in [9.17, 15) is 8.42 Å². The smallest absolute Gasteiger partial charge is 0.282 e. The molecule has 2 saturated heterocycles. The number of hydrogen-bond acceptors (Lipinski definition) is 4. The van der Waals surface area contributed by atoms with E-state index in [-0.39, 0.29) is 5.54 Å². The Hall–Kier alpha value is -0.210. The lowest BCUT2D eigenvalue weighted by Crippen LogP contribution is -2.56. The van der Waals surface area contributed by atoms with Crippen molar-refractivity contribution in [2.75, 3.05) is 45.8 Å². The van der Waals surface area contributed by atoms with E-state index >= 15 is 0 Å². The van der Waals surface area contributed by atoms with E-state index in [1.54, 1.807) is 8.61 Å². The summed E-state index contributed by atoms with van der Waals surface area (Å²) >= 11 is 0. The summed E-state index contributed by atoms with van der Waals surface area (Å²) in [6, 6.07) is 0. The minimum absolute atomic E-state index is 0.230. The number of hydrogen-bond donors (Lipinski definition) is 1. The first kappa shape index (κ1) is 17.1. The Morgan fingerprint density at radius 1 is 0.857 bits per heavy atom. The third-order valence-corrected chi connectivity index (χ3v) is 6.22. The molecular weight excluding hydrogens is 288 g/mol. The maximum Gasteiger partial charge on any atom is 0.282 e. The summed E-state index contributed by atoms with van der Waals surface area (Å²) < 4.78 is 28.7. The molecular formula is C14H30N4O2S. The number of rotatable bonds is 4. The molecule has 0 unspecified atom stereocenters. The van der Waals surface area contributed by atoms with Gasteiger partial charge in [0.1, 0.15) is 0 Å². The maximum absolute atomic E-state index is 12.7. The van der Waals surface area contributed by atoms with E-state index in [0.29, 0.717) is 26.2 Å². The van der Waals surface area contributed by atoms with Gasteiger partial charge in [0.25, 0.3) is 10.2 Å². The van der Waals surface area contributed by atoms with Crippen molar-refractivity contribution in [3.63, 3.8) is 0 Å². The van der Waals surface area contributed by atoms with Crippen LogP contribution in [0.5, 0.6) is 0 Å². The Balaban J connectivity index is 1.91. The summed E-state index contributed by atoms with van der Waals surface area (Å²) in [6.45, 7) is 8.88. The molecule has 0 bridgehead atoms. The molecule has 0 aromatic heterocycles. The first-order chi connectivity index (χ1) is 9.79. The number of nitrogens with two attached hydrogens (primary N) is 1. The molecule has 2 aliphatic rings. The van der Waals surface area contributed by atoms with Gasteiger partial charge in [-0.3, -0.25) is 4.90 Å². The Morgan fingerprint density at radius 2 is 1.33 bits per heavy atom. The van der Waals surface area contributed by atoms with Crippen molar-refractivity contribution in [1.29, 1.82) is 0 Å². The summed E-state index contributed by atoms with van der Waals surface area (Å²) in [7, 11) is -3.27. The maximum atomic E-state index is 12.7. The second-order valence-corrected chi connectivity index (χ2v) is 8.91. The van der Waals surface area contributed by atoms with E-state index in [0.717, 1.165) is 45.3 Å². The van der Waals surface area contributed by atoms with Crippen LogP contribution >= 0.6 is 0 Å². The second-order valence-electron chi connectivity index (χ2n) is 6.98. The molecule has 124 valence electrons. The monoisotopic (exact) mass is 318 g/mol. The molecule has 6 nitrogen and oxygen atoms in total. The van der Waals surface area contributed by atoms with Gasteiger partial charge in [0.2, 0.25) is 0 Å². The SMILES string of the molecule is CC(C)(N)CN1CCN(S(=O)(=O)N2CCCCCC2)CC1. The third-order valence-electron chi connectivity index (χ3n) is 4.18. The largest absolute Gasteiger partial charge is 0.324 e. The average Bonchev–Trinajstić information content (AvgIpc) is 2.66. The molecule has 0 radical (unpaired) electrons. The van der Waals surface area contributed by atoms with Gasteiger partial charge in [-0.25, -0.2) is 0 Å². The molecule has 7 heteroatoms. The predicted molar refractivity (Wildman–Crippen MR) is 85.2 cm³/mol. The van der Waals surface area contributed by atoms with E-state index in [4.69, 9.17) is 5.73 Å². The zero-order chi connectivity index (χ0) is 15.5. The van der Waals surface area contributed by atoms with Crippen LogP contribution in [-0.4, -0.2) is 73.3 Å². The molecule has 21 heavy (non-hydrogen) atoms. The summed E-state index contributed by atoms with van der Waals surface area (Å²) in [6.07, 6.45) is 4.26. The lowest BCUT2D eigenvalue weighted by molar-refractivity contribution is 0.157. The molecule has 2 N–H and O–H groups in total. The fourth-order valence-electron chi connectivity index (χ4n) is 3.13. The Morgan fingerprint density at radius 3 is 1.81 bits per heavy atom. The van der Waals surface area contributed by atoms with Crippen molar-refractivity contribution >= 4 is 10.2 Å². The first-order valence-electron chi connectivity index (χ1n) is 8.05. The molecule has 2 heterocycles. The van der Waals surface area contributed by atoms with Crippen LogP contribution in [0.3, 0.4) is 0 Å². The van der Waals surface area contributed by atoms with Crippen LogP contribution in [0.2, 0.25) is 0 Å². The molecule has 0 aromatic rings. The van der Waals surface area contributed by atoms with E-state index in [1.165, 1.54) is 0 Å². The van der Waals surface area contributed by atoms with Crippen LogP contribution in [0.25, 0.3) is 0 Å². The van der Waals surface area contributed by atoms with Crippen molar-refractivity contribution in [2.45, 2.75) is 45.1 Å². The topological polar surface area (TPSA) is 69.9 Å². The van der Waals surface area contributed by atoms with Gasteiger partial charge in [-0.1, -0.05) is 12.8 Å². The highest BCUT2D eigenvalue weighted by Crippen LogP contribution is 2.18. The molecule has 2 rings (SSSR count). The number of piperazine rings is 1. The van der Waals surface area contributed by atoms with Gasteiger partial charge in [-0.05, 0) is 26.7 Å². The standard InChI is InChI=1S/C14H30N4O2S/c1-14(2,15)13-16-9-11-18(12-10-16)21(19,20)17-7-5-3-4-6-8-17/h3-13,15H2,1-2H3. The summed E-state index contributed by atoms with van der Waals surface area (Å²) in [4.78, 5) is 2.26. The van der Waals surface area contributed by atoms with Crippen LogP contribution in [0.4, 0.5) is 0 Å². The van der Waals surface area contributed by atoms with Crippen molar-refractivity contribution in [1.82, 2.24) is 13.5 Å². The molecule has 0 aromatic carbocycles. The molecule has 0 spiro atoms. The summed E-state index contributed by atoms with van der Waals surface area (Å²) in [5, 5.41) is 0. The Bertz CT molecular complexity index is 417. The lowest BCUT2D eigenvalue weighted by atomic mass is 10.1. The van der Waals surface area contributed by atoms with Gasteiger partial charge < -0.3 is 5.73 Å². The first-order valence-corrected chi connectivity index (χ1v) is 9.45. The zero-order valence-electron chi connectivity index (χ0n) is 13.4. The minimum atomic E-state index is -3.27. The molecule has 0 atom stereocenters. The van der Waals surface area contributed by atoms with Crippen LogP contribution in [0.15, 0.2) is 0 Å². The predicted octanol–water partition coefficient (Wildman–Crippen LogP) is 0.462. The summed E-state index contributed by atoms with van der Waals surface area (Å²) in [5.41, 5.74) is 5.81. The fraction of sp³-hybridized carbons (Fsp3) is 1.00. The van der Waals surface area contributed by atoms with Crippen LogP contribution in [0, 0.1) is 0 Å². The molecule has 2 fully saturated rings. The molecule has 0 amide bonds. The van der Waals surface area contributed by atoms with Gasteiger partial charge in [-0.15, -0.1) is 0 Å². The van der Waals surface area contributed by atoms with E-state index in [1.807, 2.05) is 13.8 Å². The minimum Gasteiger partial charge on any atom is -0.324 e. The number of nitrogens with zero attached hydrogens (tertiary/aromatic N) is 3. The van der Waals surface area contributed by atoms with Gasteiger partial charge >= 0.3 is 0 Å². The highest BCUT2D eigenvalue weighted by molar-refractivity contribution is 7.86. The van der Waals surface area contributed by atoms with Gasteiger partial charge in [0.15, 0.2) is 0 Å². The quantitative estimate of drug-likeness (QED) is 0.818. The van der Waals surface area contributed by atoms with E-state index in [2.05, 4.69) is 4.90 Å². The van der Waals surface area contributed by atoms with Crippen molar-refractivity contribution < 1.29 is 8.42 Å². The third kappa shape index (κ3) is 4.89. The van der Waals surface area contributed by atoms with Crippen LogP contribution in [-0.2, 0) is 10.2 Å².